The lowest BCUT2D eigenvalue weighted by molar-refractivity contribution is 0.0951. The zero-order valence-electron chi connectivity index (χ0n) is 18.0. The number of carbonyl (C=O) groups excluding carboxylic acids is 1. The molecule has 1 saturated heterocycles. The van der Waals surface area contributed by atoms with Crippen LogP contribution in [0.15, 0.2) is 24.4 Å². The number of amides is 1. The second kappa shape index (κ2) is 10.7. The van der Waals surface area contributed by atoms with E-state index in [0.717, 1.165) is 101 Å². The van der Waals surface area contributed by atoms with Crippen LogP contribution in [0.25, 0.3) is 0 Å². The van der Waals surface area contributed by atoms with Crippen LogP contribution in [0.1, 0.15) is 48.2 Å². The molecule has 0 unspecified atom stereocenters. The molecule has 1 aromatic carbocycles. The Morgan fingerprint density at radius 2 is 1.87 bits per heavy atom. The molecule has 0 atom stereocenters. The first kappa shape index (κ1) is 22.4. The third-order valence-electron chi connectivity index (χ3n) is 6.31. The van der Waals surface area contributed by atoms with Gasteiger partial charge < -0.3 is 10.2 Å². The lowest BCUT2D eigenvalue weighted by atomic mass is 10.1. The van der Waals surface area contributed by atoms with Crippen LogP contribution in [0, 0.1) is 0 Å². The summed E-state index contributed by atoms with van der Waals surface area (Å²) in [7, 11) is 0. The van der Waals surface area contributed by atoms with Crippen molar-refractivity contribution in [3.05, 3.63) is 45.7 Å². The first-order valence-corrected chi connectivity index (χ1v) is 12.1. The molecular formula is C23H31Cl2N5O. The predicted molar refractivity (Wildman–Crippen MR) is 126 cm³/mol. The molecule has 0 aliphatic carbocycles. The SMILES string of the molecule is O=C(NCCCCCN1CCN(c2cccc(Cl)c2Cl)CC1)c1cnn2c1CCCC2. The number of rotatable bonds is 8. The number of aromatic nitrogens is 2. The standard InChI is InChI=1S/C23H31Cl2N5O/c24-19-7-6-9-21(22(19)25)29-15-13-28(14-16-29)11-4-1-3-10-26-23(31)18-17-27-30-12-5-2-8-20(18)30/h6-7,9,17H,1-5,8,10-16H2,(H,26,31). The summed E-state index contributed by atoms with van der Waals surface area (Å²) in [6.07, 6.45) is 8.26. The maximum absolute atomic E-state index is 12.5. The Kier molecular flexibility index (Phi) is 7.75. The quantitative estimate of drug-likeness (QED) is 0.594. The molecule has 8 heteroatoms. The predicted octanol–water partition coefficient (Wildman–Crippen LogP) is 4.25. The number of fused-ring (bicyclic) bond motifs is 1. The minimum absolute atomic E-state index is 0.0268. The zero-order chi connectivity index (χ0) is 21.6. The van der Waals surface area contributed by atoms with Crippen molar-refractivity contribution in [2.24, 2.45) is 0 Å². The van der Waals surface area contributed by atoms with Gasteiger partial charge in [0, 0.05) is 39.3 Å². The van der Waals surface area contributed by atoms with Crippen molar-refractivity contribution < 1.29 is 4.79 Å². The van der Waals surface area contributed by atoms with E-state index in [1.807, 2.05) is 22.9 Å². The number of unbranched alkanes of at least 4 members (excludes halogenated alkanes) is 2. The van der Waals surface area contributed by atoms with Crippen molar-refractivity contribution in [2.45, 2.75) is 45.1 Å². The third-order valence-corrected chi connectivity index (χ3v) is 7.12. The Morgan fingerprint density at radius 3 is 2.71 bits per heavy atom. The molecule has 0 saturated carbocycles. The monoisotopic (exact) mass is 463 g/mol. The number of aryl methyl sites for hydroxylation is 1. The summed E-state index contributed by atoms with van der Waals surface area (Å²) in [5, 5.41) is 8.69. The second-order valence-electron chi connectivity index (χ2n) is 8.40. The number of benzene rings is 1. The Labute approximate surface area is 194 Å². The van der Waals surface area contributed by atoms with Gasteiger partial charge in [0.2, 0.25) is 0 Å². The average Bonchev–Trinajstić information content (AvgIpc) is 3.23. The van der Waals surface area contributed by atoms with E-state index >= 15 is 0 Å². The molecular weight excluding hydrogens is 433 g/mol. The minimum Gasteiger partial charge on any atom is -0.368 e. The van der Waals surface area contributed by atoms with E-state index in [9.17, 15) is 4.79 Å². The van der Waals surface area contributed by atoms with E-state index in [2.05, 4.69) is 20.2 Å². The van der Waals surface area contributed by atoms with E-state index in [4.69, 9.17) is 23.2 Å². The van der Waals surface area contributed by atoms with Crippen molar-refractivity contribution in [3.63, 3.8) is 0 Å². The van der Waals surface area contributed by atoms with Crippen LogP contribution in [0.3, 0.4) is 0 Å². The fourth-order valence-electron chi connectivity index (χ4n) is 4.49. The van der Waals surface area contributed by atoms with Gasteiger partial charge in [0.1, 0.15) is 0 Å². The molecule has 168 valence electrons. The number of carbonyl (C=O) groups is 1. The molecule has 1 fully saturated rings. The smallest absolute Gasteiger partial charge is 0.254 e. The van der Waals surface area contributed by atoms with Crippen LogP contribution in [0.5, 0.6) is 0 Å². The molecule has 0 spiro atoms. The summed E-state index contributed by atoms with van der Waals surface area (Å²) < 4.78 is 1.98. The number of halogens is 2. The Morgan fingerprint density at radius 1 is 1.03 bits per heavy atom. The highest BCUT2D eigenvalue weighted by Gasteiger charge is 2.20. The van der Waals surface area contributed by atoms with Gasteiger partial charge >= 0.3 is 0 Å². The van der Waals surface area contributed by atoms with Crippen LogP contribution in [-0.4, -0.2) is 59.9 Å². The molecule has 2 aromatic rings. The van der Waals surface area contributed by atoms with E-state index in [0.29, 0.717) is 10.0 Å². The van der Waals surface area contributed by atoms with E-state index in [1.54, 1.807) is 6.20 Å². The fourth-order valence-corrected chi connectivity index (χ4v) is 4.91. The molecule has 4 rings (SSSR count). The van der Waals surface area contributed by atoms with Gasteiger partial charge in [-0.1, -0.05) is 35.7 Å². The first-order valence-electron chi connectivity index (χ1n) is 11.4. The first-order chi connectivity index (χ1) is 15.1. The summed E-state index contributed by atoms with van der Waals surface area (Å²) in [5.74, 6) is 0.0268. The van der Waals surface area contributed by atoms with Crippen LogP contribution in [0.2, 0.25) is 10.0 Å². The lowest BCUT2D eigenvalue weighted by Crippen LogP contribution is -2.46. The second-order valence-corrected chi connectivity index (χ2v) is 9.19. The topological polar surface area (TPSA) is 53.4 Å². The molecule has 1 amide bonds. The summed E-state index contributed by atoms with van der Waals surface area (Å²) in [5.41, 5.74) is 2.89. The summed E-state index contributed by atoms with van der Waals surface area (Å²) >= 11 is 12.5. The van der Waals surface area contributed by atoms with Crippen molar-refractivity contribution in [2.75, 3.05) is 44.2 Å². The number of hydrogen-bond donors (Lipinski definition) is 1. The largest absolute Gasteiger partial charge is 0.368 e. The third kappa shape index (κ3) is 5.54. The summed E-state index contributed by atoms with van der Waals surface area (Å²) in [4.78, 5) is 17.3. The number of hydrogen-bond acceptors (Lipinski definition) is 4. The molecule has 1 aromatic heterocycles. The molecule has 1 N–H and O–H groups in total. The van der Waals surface area contributed by atoms with Crippen molar-refractivity contribution in [3.8, 4) is 0 Å². The van der Waals surface area contributed by atoms with Gasteiger partial charge in [0.05, 0.1) is 33.2 Å². The Hall–Kier alpha value is -1.76. The minimum atomic E-state index is 0.0268. The molecule has 31 heavy (non-hydrogen) atoms. The van der Waals surface area contributed by atoms with Gasteiger partial charge in [-0.05, 0) is 50.8 Å². The molecule has 3 heterocycles. The molecule has 0 radical (unpaired) electrons. The Balaban J connectivity index is 1.11. The number of piperazine rings is 1. The van der Waals surface area contributed by atoms with Crippen molar-refractivity contribution in [1.82, 2.24) is 20.0 Å². The van der Waals surface area contributed by atoms with Gasteiger partial charge in [-0.3, -0.25) is 14.4 Å². The highest BCUT2D eigenvalue weighted by molar-refractivity contribution is 6.43. The van der Waals surface area contributed by atoms with Crippen LogP contribution in [-0.2, 0) is 13.0 Å². The van der Waals surface area contributed by atoms with Gasteiger partial charge in [-0.2, -0.15) is 5.10 Å². The Bertz CT molecular complexity index is 892. The molecule has 2 aliphatic rings. The summed E-state index contributed by atoms with van der Waals surface area (Å²) in [6, 6.07) is 5.82. The lowest BCUT2D eigenvalue weighted by Gasteiger charge is -2.36. The van der Waals surface area contributed by atoms with Crippen LogP contribution in [0.4, 0.5) is 5.69 Å². The summed E-state index contributed by atoms with van der Waals surface area (Å²) in [6.45, 7) is 6.76. The average molecular weight is 464 g/mol. The maximum atomic E-state index is 12.5. The zero-order valence-corrected chi connectivity index (χ0v) is 19.5. The van der Waals surface area contributed by atoms with E-state index in [1.165, 1.54) is 0 Å². The van der Waals surface area contributed by atoms with Crippen LogP contribution >= 0.6 is 23.2 Å². The van der Waals surface area contributed by atoms with Gasteiger partial charge in [-0.15, -0.1) is 0 Å². The highest BCUT2D eigenvalue weighted by atomic mass is 35.5. The van der Waals surface area contributed by atoms with Crippen LogP contribution < -0.4 is 10.2 Å². The molecule has 2 aliphatic heterocycles. The van der Waals surface area contributed by atoms with Gasteiger partial charge in [0.25, 0.3) is 5.91 Å². The highest BCUT2D eigenvalue weighted by Crippen LogP contribution is 2.32. The fraction of sp³-hybridized carbons (Fsp3) is 0.565. The van der Waals surface area contributed by atoms with E-state index in [-0.39, 0.29) is 5.91 Å². The maximum Gasteiger partial charge on any atom is 0.254 e. The van der Waals surface area contributed by atoms with Gasteiger partial charge in [-0.25, -0.2) is 0 Å². The number of nitrogens with one attached hydrogen (secondary N) is 1. The number of anilines is 1. The van der Waals surface area contributed by atoms with Crippen molar-refractivity contribution in [1.29, 1.82) is 0 Å². The number of nitrogens with zero attached hydrogens (tertiary/aromatic N) is 4. The normalized spacial score (nSPS) is 16.9. The van der Waals surface area contributed by atoms with E-state index < -0.39 is 0 Å². The molecule has 6 nitrogen and oxygen atoms in total. The molecule has 0 bridgehead atoms. The van der Waals surface area contributed by atoms with Crippen molar-refractivity contribution >= 4 is 34.8 Å². The van der Waals surface area contributed by atoms with Gasteiger partial charge in [0.15, 0.2) is 0 Å².